The van der Waals surface area contributed by atoms with Crippen molar-refractivity contribution in [3.8, 4) is 0 Å². The van der Waals surface area contributed by atoms with Gasteiger partial charge in [-0.3, -0.25) is 4.98 Å². The Balaban J connectivity index is 1.50. The predicted octanol–water partition coefficient (Wildman–Crippen LogP) is 6.40. The van der Waals surface area contributed by atoms with Crippen LogP contribution in [-0.4, -0.2) is 38.6 Å². The van der Waals surface area contributed by atoms with Crippen LogP contribution in [0.3, 0.4) is 0 Å². The van der Waals surface area contributed by atoms with Crippen LogP contribution in [0, 0.1) is 13.8 Å². The van der Waals surface area contributed by atoms with E-state index in [0.717, 1.165) is 20.1 Å². The van der Waals surface area contributed by atoms with Gasteiger partial charge in [0, 0.05) is 30.6 Å². The SMILES string of the molecule is CC1=C(C(=O)OCc2ccccc2)C(C)=[N+]2C1=C(c1ccncc1)c1c(C)c(C(=O)OCc3ccccc3)c(C)n1[B-]2(F)F. The monoisotopic (exact) mass is 593 g/mol. The summed E-state index contributed by atoms with van der Waals surface area (Å²) in [6, 6.07) is 21.8. The molecule has 2 aromatic heterocycles. The van der Waals surface area contributed by atoms with Gasteiger partial charge < -0.3 is 27.1 Å². The Kier molecular flexibility index (Phi) is 7.37. The van der Waals surface area contributed by atoms with E-state index in [9.17, 15) is 9.59 Å². The predicted molar refractivity (Wildman–Crippen MR) is 163 cm³/mol. The molecule has 2 aliphatic rings. The summed E-state index contributed by atoms with van der Waals surface area (Å²) in [5.74, 6) is -1.37. The molecule has 0 bridgehead atoms. The number of benzene rings is 2. The van der Waals surface area contributed by atoms with Crippen molar-refractivity contribution in [1.82, 2.24) is 9.46 Å². The number of hydrogen-bond donors (Lipinski definition) is 0. The van der Waals surface area contributed by atoms with Crippen LogP contribution in [-0.2, 0) is 27.5 Å². The molecule has 4 aromatic rings. The van der Waals surface area contributed by atoms with Crippen LogP contribution in [0.25, 0.3) is 5.57 Å². The number of aromatic nitrogens is 2. The fourth-order valence-electron chi connectivity index (χ4n) is 6.32. The Morgan fingerprint density at radius 2 is 1.36 bits per heavy atom. The van der Waals surface area contributed by atoms with Gasteiger partial charge in [-0.15, -0.1) is 0 Å². The van der Waals surface area contributed by atoms with Crippen molar-refractivity contribution in [2.24, 2.45) is 0 Å². The average molecular weight is 593 g/mol. The van der Waals surface area contributed by atoms with Gasteiger partial charge in [0.1, 0.15) is 24.5 Å². The maximum atomic E-state index is 16.9. The molecule has 10 heteroatoms. The summed E-state index contributed by atoms with van der Waals surface area (Å²) in [4.78, 5) is 31.0. The maximum absolute atomic E-state index is 16.9. The van der Waals surface area contributed by atoms with E-state index in [1.165, 1.54) is 13.8 Å². The standard InChI is InChI=1S/C34H30BF2N3O4/c1-21-28(33(41)43-19-25-11-7-5-8-12-25)23(3)39-31(21)30(27-15-17-38-18-16-27)32-22(2)29(24(4)40(32)35(39,36)37)34(42)44-20-26-13-9-6-10-14-26/h5-18H,19-20H2,1-4H3. The van der Waals surface area contributed by atoms with Crippen molar-refractivity contribution in [3.63, 3.8) is 0 Å². The van der Waals surface area contributed by atoms with Crippen molar-refractivity contribution in [3.05, 3.63) is 141 Å². The Labute approximate surface area is 253 Å². The summed E-state index contributed by atoms with van der Waals surface area (Å²) in [6.45, 7) is 1.79. The van der Waals surface area contributed by atoms with E-state index in [4.69, 9.17) is 9.47 Å². The largest absolute Gasteiger partial charge is 0.737 e. The number of rotatable bonds is 7. The molecule has 0 N–H and O–H groups in total. The summed E-state index contributed by atoms with van der Waals surface area (Å²) < 4.78 is 46.8. The summed E-state index contributed by atoms with van der Waals surface area (Å²) in [5, 5.41) is 0. The molecular formula is C34H30BF2N3O4. The first-order valence-electron chi connectivity index (χ1n) is 14.3. The van der Waals surface area contributed by atoms with Gasteiger partial charge in [-0.1, -0.05) is 60.7 Å². The second kappa shape index (κ2) is 11.2. The van der Waals surface area contributed by atoms with E-state index in [-0.39, 0.29) is 47.1 Å². The number of hydrogen-bond acceptors (Lipinski definition) is 5. The molecule has 6 rings (SSSR count). The number of esters is 2. The molecule has 0 unspecified atom stereocenters. The zero-order chi connectivity index (χ0) is 31.2. The summed E-state index contributed by atoms with van der Waals surface area (Å²) >= 11 is 0. The molecule has 2 aliphatic heterocycles. The van der Waals surface area contributed by atoms with Gasteiger partial charge in [0.15, 0.2) is 5.70 Å². The van der Waals surface area contributed by atoms with Crippen LogP contribution < -0.4 is 0 Å². The summed E-state index contributed by atoms with van der Waals surface area (Å²) in [7, 11) is 0. The van der Waals surface area contributed by atoms with Crippen LogP contribution in [0.15, 0.2) is 102 Å². The maximum Gasteiger partial charge on any atom is 0.737 e. The molecule has 0 spiro atoms. The molecule has 4 heterocycles. The van der Waals surface area contributed by atoms with Crippen molar-refractivity contribution >= 4 is 30.2 Å². The van der Waals surface area contributed by atoms with Crippen LogP contribution in [0.2, 0.25) is 0 Å². The number of ether oxygens (including phenoxy) is 2. The van der Waals surface area contributed by atoms with Crippen molar-refractivity contribution in [1.29, 1.82) is 0 Å². The Morgan fingerprint density at radius 1 is 0.818 bits per heavy atom. The van der Waals surface area contributed by atoms with E-state index in [1.54, 1.807) is 38.4 Å². The van der Waals surface area contributed by atoms with Gasteiger partial charge >= 0.3 is 18.9 Å². The Morgan fingerprint density at radius 3 is 1.93 bits per heavy atom. The van der Waals surface area contributed by atoms with Crippen LogP contribution in [0.1, 0.15) is 57.8 Å². The third-order valence-corrected chi connectivity index (χ3v) is 8.29. The molecule has 0 atom stereocenters. The highest BCUT2D eigenvalue weighted by molar-refractivity contribution is 6.59. The lowest BCUT2D eigenvalue weighted by atomic mass is 9.84. The topological polar surface area (TPSA) is 73.4 Å². The molecule has 0 radical (unpaired) electrons. The van der Waals surface area contributed by atoms with E-state index in [2.05, 4.69) is 4.98 Å². The highest BCUT2D eigenvalue weighted by Gasteiger charge is 2.58. The van der Waals surface area contributed by atoms with E-state index in [0.29, 0.717) is 22.3 Å². The number of allylic oxidation sites excluding steroid dienone is 1. The fourth-order valence-corrected chi connectivity index (χ4v) is 6.32. The minimum absolute atomic E-state index is 0.00815. The van der Waals surface area contributed by atoms with E-state index >= 15 is 8.63 Å². The molecule has 44 heavy (non-hydrogen) atoms. The lowest BCUT2D eigenvalue weighted by molar-refractivity contribution is -0.363. The van der Waals surface area contributed by atoms with Gasteiger partial charge in [-0.05, 0) is 60.9 Å². The number of carbonyl (C=O) groups excluding carboxylic acids is 2. The highest BCUT2D eigenvalue weighted by atomic mass is 19.2. The number of fused-ring (bicyclic) bond motifs is 2. The molecule has 0 saturated carbocycles. The second-order valence-corrected chi connectivity index (χ2v) is 10.9. The smallest absolute Gasteiger partial charge is 0.457 e. The van der Waals surface area contributed by atoms with Crippen LogP contribution in [0.5, 0.6) is 0 Å². The van der Waals surface area contributed by atoms with Gasteiger partial charge in [0.25, 0.3) is 0 Å². The van der Waals surface area contributed by atoms with Crippen LogP contribution >= 0.6 is 0 Å². The second-order valence-electron chi connectivity index (χ2n) is 10.9. The lowest BCUT2D eigenvalue weighted by Crippen LogP contribution is -2.51. The minimum atomic E-state index is -4.54. The molecule has 0 amide bonds. The minimum Gasteiger partial charge on any atom is -0.457 e. The number of carbonyl (C=O) groups is 2. The average Bonchev–Trinajstić information content (AvgIpc) is 3.45. The molecule has 222 valence electrons. The van der Waals surface area contributed by atoms with E-state index in [1.807, 2.05) is 60.7 Å². The van der Waals surface area contributed by atoms with E-state index < -0.39 is 18.9 Å². The molecule has 7 nitrogen and oxygen atoms in total. The molecule has 0 fully saturated rings. The summed E-state index contributed by atoms with van der Waals surface area (Å²) in [6.07, 6.45) is 3.16. The molecule has 2 aromatic carbocycles. The van der Waals surface area contributed by atoms with Gasteiger partial charge in [-0.25, -0.2) is 9.59 Å². The first kappa shape index (κ1) is 29.0. The first-order valence-corrected chi connectivity index (χ1v) is 14.3. The number of halogens is 2. The van der Waals surface area contributed by atoms with Gasteiger partial charge in [0.2, 0.25) is 0 Å². The van der Waals surface area contributed by atoms with Gasteiger partial charge in [-0.2, -0.15) is 0 Å². The van der Waals surface area contributed by atoms with Crippen LogP contribution in [0.4, 0.5) is 8.63 Å². The zero-order valence-corrected chi connectivity index (χ0v) is 24.8. The highest BCUT2D eigenvalue weighted by Crippen LogP contribution is 2.46. The Bertz CT molecular complexity index is 1900. The fraction of sp³-hybridized carbons (Fsp3) is 0.176. The van der Waals surface area contributed by atoms with Crippen molar-refractivity contribution in [2.45, 2.75) is 40.9 Å². The molecule has 0 aliphatic carbocycles. The Hall–Kier alpha value is -5.12. The number of nitrogens with zero attached hydrogens (tertiary/aromatic N) is 3. The third-order valence-electron chi connectivity index (χ3n) is 8.29. The molecular weight excluding hydrogens is 563 g/mol. The van der Waals surface area contributed by atoms with Gasteiger partial charge in [0.05, 0.1) is 11.1 Å². The normalized spacial score (nSPS) is 15.3. The third kappa shape index (κ3) is 4.67. The molecule has 0 saturated heterocycles. The summed E-state index contributed by atoms with van der Waals surface area (Å²) in [5.41, 5.74) is 4.12. The first-order chi connectivity index (χ1) is 21.1. The van der Waals surface area contributed by atoms with Crippen molar-refractivity contribution in [2.75, 3.05) is 0 Å². The van der Waals surface area contributed by atoms with Crippen molar-refractivity contribution < 1.29 is 32.2 Å². The quantitative estimate of drug-likeness (QED) is 0.183. The number of pyridine rings is 1. The zero-order valence-electron chi connectivity index (χ0n) is 24.8. The lowest BCUT2D eigenvalue weighted by Gasteiger charge is -2.33.